The van der Waals surface area contributed by atoms with Crippen molar-refractivity contribution in [3.05, 3.63) is 36.5 Å². The van der Waals surface area contributed by atoms with Crippen molar-refractivity contribution in [1.82, 2.24) is 14.8 Å². The van der Waals surface area contributed by atoms with Gasteiger partial charge in [0.15, 0.2) is 0 Å². The second-order valence-electron chi connectivity index (χ2n) is 8.94. The van der Waals surface area contributed by atoms with Crippen LogP contribution < -0.4 is 4.90 Å². The molecule has 5 heteroatoms. The van der Waals surface area contributed by atoms with Crippen LogP contribution in [0.1, 0.15) is 38.5 Å². The number of carbonyl (C=O) groups excluding carboxylic acids is 1. The molecule has 1 aromatic heterocycles. The summed E-state index contributed by atoms with van der Waals surface area (Å²) in [7, 11) is 0. The Morgan fingerprint density at radius 2 is 1.69 bits per heavy atom. The van der Waals surface area contributed by atoms with Gasteiger partial charge in [0.25, 0.3) is 0 Å². The molecule has 5 rings (SSSR count). The highest BCUT2D eigenvalue weighted by atomic mass is 16.2. The summed E-state index contributed by atoms with van der Waals surface area (Å²) in [5.74, 6) is 1.77. The topological polar surface area (TPSA) is 39.7 Å². The maximum atomic E-state index is 12.9. The summed E-state index contributed by atoms with van der Waals surface area (Å²) in [4.78, 5) is 24.8. The third-order valence-electron chi connectivity index (χ3n) is 7.15. The number of aromatic nitrogens is 1. The molecule has 3 aliphatic heterocycles. The van der Waals surface area contributed by atoms with Gasteiger partial charge in [-0.1, -0.05) is 24.3 Å². The standard InChI is InChI=1S/C24H32N4O/c29-24(27-13-3-4-14-27)20-7-5-15-28(18-20)21-10-16-26(17-11-21)23-22-8-2-1-6-19(22)9-12-25-23/h1-2,6,8-9,12,20-21H,3-5,7,10-11,13-18H2. The van der Waals surface area contributed by atoms with Crippen LogP contribution in [0, 0.1) is 5.92 Å². The maximum absolute atomic E-state index is 12.9. The average molecular weight is 393 g/mol. The van der Waals surface area contributed by atoms with E-state index < -0.39 is 0 Å². The molecule has 2 aromatic rings. The molecule has 1 amide bonds. The van der Waals surface area contributed by atoms with Crippen molar-refractivity contribution in [3.63, 3.8) is 0 Å². The van der Waals surface area contributed by atoms with Gasteiger partial charge >= 0.3 is 0 Å². The zero-order chi connectivity index (χ0) is 19.6. The quantitative estimate of drug-likeness (QED) is 0.801. The van der Waals surface area contributed by atoms with Crippen LogP contribution in [0.2, 0.25) is 0 Å². The monoisotopic (exact) mass is 392 g/mol. The van der Waals surface area contributed by atoms with Gasteiger partial charge in [-0.2, -0.15) is 0 Å². The first-order valence-corrected chi connectivity index (χ1v) is 11.4. The minimum Gasteiger partial charge on any atom is -0.356 e. The number of carbonyl (C=O) groups is 1. The molecule has 1 aromatic carbocycles. The summed E-state index contributed by atoms with van der Waals surface area (Å²) in [6.45, 7) is 6.17. The van der Waals surface area contributed by atoms with Crippen molar-refractivity contribution in [2.24, 2.45) is 5.92 Å². The number of rotatable bonds is 3. The molecular weight excluding hydrogens is 360 g/mol. The highest BCUT2D eigenvalue weighted by Crippen LogP contribution is 2.30. The van der Waals surface area contributed by atoms with Crippen molar-refractivity contribution < 1.29 is 4.79 Å². The first-order chi connectivity index (χ1) is 14.3. The van der Waals surface area contributed by atoms with E-state index in [2.05, 4.69) is 45.0 Å². The second-order valence-corrected chi connectivity index (χ2v) is 8.94. The molecular formula is C24H32N4O. The van der Waals surface area contributed by atoms with E-state index in [0.717, 1.165) is 70.8 Å². The van der Waals surface area contributed by atoms with Gasteiger partial charge in [0, 0.05) is 50.3 Å². The van der Waals surface area contributed by atoms with Gasteiger partial charge in [-0.05, 0) is 56.5 Å². The molecule has 0 spiro atoms. The molecule has 4 heterocycles. The lowest BCUT2D eigenvalue weighted by molar-refractivity contribution is -0.136. The number of amides is 1. The Labute approximate surface area is 173 Å². The number of pyridine rings is 1. The zero-order valence-corrected chi connectivity index (χ0v) is 17.3. The van der Waals surface area contributed by atoms with Crippen molar-refractivity contribution in [1.29, 1.82) is 0 Å². The molecule has 1 unspecified atom stereocenters. The normalized spacial score (nSPS) is 24.3. The Morgan fingerprint density at radius 1 is 0.897 bits per heavy atom. The largest absolute Gasteiger partial charge is 0.356 e. The maximum Gasteiger partial charge on any atom is 0.226 e. The predicted octanol–water partition coefficient (Wildman–Crippen LogP) is 3.54. The van der Waals surface area contributed by atoms with E-state index >= 15 is 0 Å². The first kappa shape index (κ1) is 18.9. The summed E-state index contributed by atoms with van der Waals surface area (Å²) in [6.07, 6.45) is 8.86. The molecule has 0 radical (unpaired) electrons. The van der Waals surface area contributed by atoms with Crippen molar-refractivity contribution >= 4 is 22.5 Å². The smallest absolute Gasteiger partial charge is 0.226 e. The van der Waals surface area contributed by atoms with Gasteiger partial charge in [0.2, 0.25) is 5.91 Å². The molecule has 3 fully saturated rings. The number of hydrogen-bond acceptors (Lipinski definition) is 4. The third kappa shape index (κ3) is 3.85. The Kier molecular flexibility index (Phi) is 5.40. The van der Waals surface area contributed by atoms with Crippen LogP contribution in [0.3, 0.4) is 0 Å². The lowest BCUT2D eigenvalue weighted by atomic mass is 9.93. The molecule has 5 nitrogen and oxygen atoms in total. The van der Waals surface area contributed by atoms with E-state index in [0.29, 0.717) is 11.9 Å². The molecule has 154 valence electrons. The van der Waals surface area contributed by atoms with Crippen LogP contribution in [0.5, 0.6) is 0 Å². The fourth-order valence-corrected chi connectivity index (χ4v) is 5.53. The minimum atomic E-state index is 0.222. The second kappa shape index (κ2) is 8.31. The summed E-state index contributed by atoms with van der Waals surface area (Å²) in [5, 5.41) is 2.52. The molecule has 0 aliphatic carbocycles. The Hall–Kier alpha value is -2.14. The van der Waals surface area contributed by atoms with Gasteiger partial charge < -0.3 is 9.80 Å². The van der Waals surface area contributed by atoms with Crippen LogP contribution in [-0.4, -0.2) is 66.0 Å². The number of hydrogen-bond donors (Lipinski definition) is 0. The number of piperidine rings is 2. The third-order valence-corrected chi connectivity index (χ3v) is 7.15. The fourth-order valence-electron chi connectivity index (χ4n) is 5.53. The first-order valence-electron chi connectivity index (χ1n) is 11.4. The molecule has 0 saturated carbocycles. The predicted molar refractivity (Wildman–Crippen MR) is 117 cm³/mol. The number of likely N-dealkylation sites (tertiary alicyclic amines) is 2. The van der Waals surface area contributed by atoms with E-state index in [1.54, 1.807) is 0 Å². The number of anilines is 1. The van der Waals surface area contributed by atoms with Crippen molar-refractivity contribution in [2.75, 3.05) is 44.2 Å². The van der Waals surface area contributed by atoms with Crippen LogP contribution >= 0.6 is 0 Å². The van der Waals surface area contributed by atoms with E-state index in [4.69, 9.17) is 4.98 Å². The zero-order valence-electron chi connectivity index (χ0n) is 17.3. The van der Waals surface area contributed by atoms with E-state index in [1.807, 2.05) is 6.20 Å². The number of benzene rings is 1. The molecule has 29 heavy (non-hydrogen) atoms. The summed E-state index contributed by atoms with van der Waals surface area (Å²) < 4.78 is 0. The lowest BCUT2D eigenvalue weighted by Gasteiger charge is -2.43. The SMILES string of the molecule is O=C(C1CCCN(C2CCN(c3nccc4ccccc34)CC2)C1)N1CCCC1. The van der Waals surface area contributed by atoms with Crippen LogP contribution in [0.15, 0.2) is 36.5 Å². The molecule has 0 N–H and O–H groups in total. The van der Waals surface area contributed by atoms with Crippen molar-refractivity contribution in [2.45, 2.75) is 44.6 Å². The Morgan fingerprint density at radius 3 is 2.52 bits per heavy atom. The van der Waals surface area contributed by atoms with E-state index in [9.17, 15) is 4.79 Å². The highest BCUT2D eigenvalue weighted by molar-refractivity contribution is 5.92. The Bertz CT molecular complexity index is 850. The van der Waals surface area contributed by atoms with Gasteiger partial charge in [0.1, 0.15) is 5.82 Å². The van der Waals surface area contributed by atoms with Gasteiger partial charge in [0.05, 0.1) is 5.92 Å². The van der Waals surface area contributed by atoms with Gasteiger partial charge in [-0.25, -0.2) is 4.98 Å². The summed E-state index contributed by atoms with van der Waals surface area (Å²) in [5.41, 5.74) is 0. The van der Waals surface area contributed by atoms with Crippen molar-refractivity contribution in [3.8, 4) is 0 Å². The average Bonchev–Trinajstić information content (AvgIpc) is 3.33. The lowest BCUT2D eigenvalue weighted by Crippen LogP contribution is -2.51. The minimum absolute atomic E-state index is 0.222. The number of nitrogens with zero attached hydrogens (tertiary/aromatic N) is 4. The highest BCUT2D eigenvalue weighted by Gasteiger charge is 2.34. The van der Waals surface area contributed by atoms with E-state index in [-0.39, 0.29) is 5.92 Å². The molecule has 0 bridgehead atoms. The van der Waals surface area contributed by atoms with E-state index in [1.165, 1.54) is 23.6 Å². The van der Waals surface area contributed by atoms with Crippen LogP contribution in [0.4, 0.5) is 5.82 Å². The van der Waals surface area contributed by atoms with Gasteiger partial charge in [-0.3, -0.25) is 9.69 Å². The summed E-state index contributed by atoms with van der Waals surface area (Å²) in [6, 6.07) is 11.2. The molecule has 1 atom stereocenters. The molecule has 3 saturated heterocycles. The van der Waals surface area contributed by atoms with Crippen LogP contribution in [0.25, 0.3) is 10.8 Å². The molecule has 3 aliphatic rings. The number of fused-ring (bicyclic) bond motifs is 1. The van der Waals surface area contributed by atoms with Crippen LogP contribution in [-0.2, 0) is 4.79 Å². The van der Waals surface area contributed by atoms with Gasteiger partial charge in [-0.15, -0.1) is 0 Å². The Balaban J connectivity index is 1.22. The summed E-state index contributed by atoms with van der Waals surface area (Å²) >= 11 is 0. The fraction of sp³-hybridized carbons (Fsp3) is 0.583.